The van der Waals surface area contributed by atoms with Crippen molar-refractivity contribution in [2.24, 2.45) is 0 Å². The Labute approximate surface area is 147 Å². The van der Waals surface area contributed by atoms with Gasteiger partial charge in [-0.2, -0.15) is 0 Å². The lowest BCUT2D eigenvalue weighted by molar-refractivity contribution is 0.565. The summed E-state index contributed by atoms with van der Waals surface area (Å²) in [5.41, 5.74) is 2.32. The van der Waals surface area contributed by atoms with E-state index in [9.17, 15) is 4.79 Å². The van der Waals surface area contributed by atoms with Crippen molar-refractivity contribution in [3.05, 3.63) is 79.8 Å². The minimum atomic E-state index is -0.136. The summed E-state index contributed by atoms with van der Waals surface area (Å²) < 4.78 is 2.50. The summed E-state index contributed by atoms with van der Waals surface area (Å²) in [5, 5.41) is 3.90. The highest BCUT2D eigenvalue weighted by Crippen LogP contribution is 2.22. The summed E-state index contributed by atoms with van der Waals surface area (Å²) in [7, 11) is 0. The normalized spacial score (nSPS) is 12.5. The molecule has 2 heterocycles. The van der Waals surface area contributed by atoms with Crippen molar-refractivity contribution in [3.8, 4) is 0 Å². The van der Waals surface area contributed by atoms with Crippen molar-refractivity contribution in [3.63, 3.8) is 0 Å². The molecule has 0 amide bonds. The quantitative estimate of drug-likeness (QED) is 0.731. The summed E-state index contributed by atoms with van der Waals surface area (Å²) in [5.74, 6) is 0. The Kier molecular flexibility index (Phi) is 4.80. The molecule has 23 heavy (non-hydrogen) atoms. The number of rotatable bonds is 4. The maximum Gasteiger partial charge on any atom is 0.258 e. The third-order valence-electron chi connectivity index (χ3n) is 3.64. The number of aromatic nitrogens is 2. The molecule has 0 aliphatic rings. The van der Waals surface area contributed by atoms with Crippen LogP contribution in [0, 0.1) is 0 Å². The average molecular weight is 393 g/mol. The van der Waals surface area contributed by atoms with Gasteiger partial charge in [-0.05, 0) is 30.7 Å². The SMILES string of the molecule is C[C@@H](NCc1cc(=O)n2cc(Cl)ccc2n1)c1ccccc1Br. The second-order valence-corrected chi connectivity index (χ2v) is 6.58. The number of halogens is 2. The van der Waals surface area contributed by atoms with Crippen LogP contribution >= 0.6 is 27.5 Å². The largest absolute Gasteiger partial charge is 0.305 e. The molecule has 0 aliphatic carbocycles. The molecule has 118 valence electrons. The maximum absolute atomic E-state index is 12.1. The smallest absolute Gasteiger partial charge is 0.258 e. The minimum absolute atomic E-state index is 0.135. The summed E-state index contributed by atoms with van der Waals surface area (Å²) in [6.07, 6.45) is 1.58. The van der Waals surface area contributed by atoms with Crippen LogP contribution < -0.4 is 10.9 Å². The van der Waals surface area contributed by atoms with E-state index in [1.54, 1.807) is 18.3 Å². The highest BCUT2D eigenvalue weighted by Gasteiger charge is 2.09. The van der Waals surface area contributed by atoms with Gasteiger partial charge in [0.25, 0.3) is 5.56 Å². The van der Waals surface area contributed by atoms with Gasteiger partial charge in [0, 0.05) is 29.3 Å². The molecule has 0 radical (unpaired) electrons. The van der Waals surface area contributed by atoms with Crippen LogP contribution in [0.5, 0.6) is 0 Å². The molecule has 0 saturated heterocycles. The summed E-state index contributed by atoms with van der Waals surface area (Å²) in [6, 6.07) is 13.2. The molecule has 4 nitrogen and oxygen atoms in total. The second kappa shape index (κ2) is 6.83. The first-order valence-corrected chi connectivity index (χ1v) is 8.37. The molecule has 0 saturated carbocycles. The minimum Gasteiger partial charge on any atom is -0.305 e. The zero-order valence-electron chi connectivity index (χ0n) is 12.5. The topological polar surface area (TPSA) is 46.4 Å². The Morgan fingerprint density at radius 2 is 2.09 bits per heavy atom. The Bertz CT molecular complexity index is 910. The lowest BCUT2D eigenvalue weighted by atomic mass is 10.1. The molecular formula is C17H15BrClN3O. The summed E-state index contributed by atoms with van der Waals surface area (Å²) in [6.45, 7) is 2.59. The monoisotopic (exact) mass is 391 g/mol. The molecule has 6 heteroatoms. The van der Waals surface area contributed by atoms with Crippen LogP contribution in [-0.4, -0.2) is 9.38 Å². The molecule has 0 aliphatic heterocycles. The van der Waals surface area contributed by atoms with E-state index in [4.69, 9.17) is 11.6 Å². The van der Waals surface area contributed by atoms with Crippen molar-refractivity contribution in [2.75, 3.05) is 0 Å². The Morgan fingerprint density at radius 1 is 1.30 bits per heavy atom. The van der Waals surface area contributed by atoms with E-state index in [0.29, 0.717) is 22.9 Å². The van der Waals surface area contributed by atoms with E-state index in [1.165, 1.54) is 10.5 Å². The van der Waals surface area contributed by atoms with E-state index in [1.807, 2.05) is 18.2 Å². The van der Waals surface area contributed by atoms with Crippen molar-refractivity contribution in [1.29, 1.82) is 0 Å². The van der Waals surface area contributed by atoms with Gasteiger partial charge >= 0.3 is 0 Å². The fourth-order valence-electron chi connectivity index (χ4n) is 2.41. The van der Waals surface area contributed by atoms with Crippen LogP contribution in [0.25, 0.3) is 5.65 Å². The van der Waals surface area contributed by atoms with E-state index in [2.05, 4.69) is 39.2 Å². The summed E-state index contributed by atoms with van der Waals surface area (Å²) in [4.78, 5) is 16.6. The fraction of sp³-hybridized carbons (Fsp3) is 0.176. The zero-order chi connectivity index (χ0) is 16.4. The predicted octanol–water partition coefficient (Wildman–Crippen LogP) is 3.96. The molecule has 3 rings (SSSR count). The van der Waals surface area contributed by atoms with Crippen molar-refractivity contribution >= 4 is 33.2 Å². The fourth-order valence-corrected chi connectivity index (χ4v) is 3.20. The van der Waals surface area contributed by atoms with Crippen LogP contribution in [0.1, 0.15) is 24.2 Å². The predicted molar refractivity (Wildman–Crippen MR) is 95.9 cm³/mol. The van der Waals surface area contributed by atoms with Crippen LogP contribution in [0.3, 0.4) is 0 Å². The second-order valence-electron chi connectivity index (χ2n) is 5.29. The molecule has 3 aromatic rings. The van der Waals surface area contributed by atoms with Gasteiger partial charge in [0.05, 0.1) is 10.7 Å². The number of hydrogen-bond donors (Lipinski definition) is 1. The molecule has 1 N–H and O–H groups in total. The van der Waals surface area contributed by atoms with Crippen LogP contribution in [0.2, 0.25) is 5.02 Å². The van der Waals surface area contributed by atoms with Crippen molar-refractivity contribution < 1.29 is 0 Å². The average Bonchev–Trinajstić information content (AvgIpc) is 2.54. The van der Waals surface area contributed by atoms with Gasteiger partial charge in [0.2, 0.25) is 0 Å². The van der Waals surface area contributed by atoms with Gasteiger partial charge < -0.3 is 5.32 Å². The molecule has 0 fully saturated rings. The standard InChI is InChI=1S/C17H15BrClN3O/c1-11(14-4-2-3-5-15(14)18)20-9-13-8-17(23)22-10-12(19)6-7-16(22)21-13/h2-8,10-11,20H,9H2,1H3/t11-/m1/s1. The first-order valence-electron chi connectivity index (χ1n) is 7.20. The Hall–Kier alpha value is -1.69. The zero-order valence-corrected chi connectivity index (χ0v) is 14.8. The van der Waals surface area contributed by atoms with Crippen molar-refractivity contribution in [1.82, 2.24) is 14.7 Å². The maximum atomic E-state index is 12.1. The van der Waals surface area contributed by atoms with Crippen LogP contribution in [-0.2, 0) is 6.54 Å². The van der Waals surface area contributed by atoms with Gasteiger partial charge in [-0.3, -0.25) is 9.20 Å². The third kappa shape index (κ3) is 3.63. The van der Waals surface area contributed by atoms with Gasteiger partial charge in [-0.15, -0.1) is 0 Å². The number of nitrogens with zero attached hydrogens (tertiary/aromatic N) is 2. The lowest BCUT2D eigenvalue weighted by Crippen LogP contribution is -2.22. The molecule has 0 bridgehead atoms. The number of hydrogen-bond acceptors (Lipinski definition) is 3. The van der Waals surface area contributed by atoms with Gasteiger partial charge in [-0.1, -0.05) is 45.7 Å². The van der Waals surface area contributed by atoms with Crippen LogP contribution in [0.15, 0.2) is 57.9 Å². The van der Waals surface area contributed by atoms with E-state index in [-0.39, 0.29) is 11.6 Å². The highest BCUT2D eigenvalue weighted by atomic mass is 79.9. The summed E-state index contributed by atoms with van der Waals surface area (Å²) >= 11 is 9.46. The molecule has 0 spiro atoms. The number of fused-ring (bicyclic) bond motifs is 1. The first kappa shape index (κ1) is 16.2. The third-order valence-corrected chi connectivity index (χ3v) is 4.58. The van der Waals surface area contributed by atoms with Gasteiger partial charge in [0.1, 0.15) is 5.65 Å². The lowest BCUT2D eigenvalue weighted by Gasteiger charge is -2.15. The van der Waals surface area contributed by atoms with Gasteiger partial charge in [-0.25, -0.2) is 4.98 Å². The molecule has 1 aromatic carbocycles. The highest BCUT2D eigenvalue weighted by molar-refractivity contribution is 9.10. The van der Waals surface area contributed by atoms with Crippen LogP contribution in [0.4, 0.5) is 0 Å². The number of benzene rings is 1. The van der Waals surface area contributed by atoms with E-state index in [0.717, 1.165) is 10.0 Å². The first-order chi connectivity index (χ1) is 11.0. The molecular weight excluding hydrogens is 378 g/mol. The van der Waals surface area contributed by atoms with Gasteiger partial charge in [0.15, 0.2) is 0 Å². The Balaban J connectivity index is 1.81. The molecule has 1 atom stereocenters. The molecule has 2 aromatic heterocycles. The van der Waals surface area contributed by atoms with E-state index < -0.39 is 0 Å². The van der Waals surface area contributed by atoms with E-state index >= 15 is 0 Å². The molecule has 0 unspecified atom stereocenters. The van der Waals surface area contributed by atoms with Crippen molar-refractivity contribution in [2.45, 2.75) is 19.5 Å². The number of pyridine rings is 1. The number of nitrogens with one attached hydrogen (secondary N) is 1. The Morgan fingerprint density at radius 3 is 2.87 bits per heavy atom.